The summed E-state index contributed by atoms with van der Waals surface area (Å²) < 4.78 is 27.1. The molecule has 2 atom stereocenters. The lowest BCUT2D eigenvalue weighted by Gasteiger charge is -1.71. The highest BCUT2D eigenvalue weighted by molar-refractivity contribution is 7.32. The largest absolute Gasteiger partial charge is 0.746 e. The molecule has 0 aliphatic heterocycles. The van der Waals surface area contributed by atoms with Gasteiger partial charge in [0.05, 0.1) is 0 Å². The smallest absolute Gasteiger partial charge is 0.238 e. The zero-order valence-electron chi connectivity index (χ0n) is 6.70. The van der Waals surface area contributed by atoms with Crippen molar-refractivity contribution in [3.63, 3.8) is 0 Å². The Kier molecular flexibility index (Phi) is 13.0. The first kappa shape index (κ1) is 14.9. The molecule has 0 aromatic heterocycles. The van der Waals surface area contributed by atoms with E-state index in [0.29, 0.717) is 0 Å². The zero-order chi connectivity index (χ0) is 10.7. The first-order chi connectivity index (χ1) is 6.04. The van der Waals surface area contributed by atoms with Gasteiger partial charge in [-0.3, -0.25) is 0 Å². The Morgan fingerprint density at radius 1 is 1.23 bits per heavy atom. The highest BCUT2D eigenvalue weighted by Gasteiger charge is 2.07. The highest BCUT2D eigenvalue weighted by atomic mass is 31.1. The molecule has 0 bridgehead atoms. The third-order valence-corrected chi connectivity index (χ3v) is 1.17. The molecule has 0 saturated heterocycles. The van der Waals surface area contributed by atoms with E-state index in [0.717, 1.165) is 6.26 Å². The standard InChI is InChI=1S/C3H5O3P.C2H3O3P/c1-2-3-6-7(4)5;1-2-5-6(3)4/h2H,1,3H2;2H,1H2/p+2. The summed E-state index contributed by atoms with van der Waals surface area (Å²) in [7, 11) is -4.90. The van der Waals surface area contributed by atoms with Crippen LogP contribution in [0.25, 0.3) is 0 Å². The van der Waals surface area contributed by atoms with Crippen molar-refractivity contribution >= 4 is 16.5 Å². The van der Waals surface area contributed by atoms with Gasteiger partial charge in [0.25, 0.3) is 0 Å². The van der Waals surface area contributed by atoms with E-state index in [1.165, 1.54) is 6.08 Å². The topological polar surface area (TPSA) is 93.1 Å². The molecule has 74 valence electrons. The molecule has 0 aromatic carbocycles. The molecule has 0 heterocycles. The van der Waals surface area contributed by atoms with Crippen LogP contribution in [-0.2, 0) is 18.2 Å². The van der Waals surface area contributed by atoms with E-state index in [9.17, 15) is 9.13 Å². The Morgan fingerprint density at radius 2 is 1.77 bits per heavy atom. The second-order valence-electron chi connectivity index (χ2n) is 1.33. The Hall–Kier alpha value is -0.640. The summed E-state index contributed by atoms with van der Waals surface area (Å²) in [6.45, 7) is 6.43. The Morgan fingerprint density at radius 3 is 1.85 bits per heavy atom. The molecule has 2 unspecified atom stereocenters. The summed E-state index contributed by atoms with van der Waals surface area (Å²) in [4.78, 5) is 15.7. The fourth-order valence-corrected chi connectivity index (χ4v) is 0.541. The first-order valence-electron chi connectivity index (χ1n) is 2.88. The van der Waals surface area contributed by atoms with Crippen molar-refractivity contribution in [1.82, 2.24) is 0 Å². The Bertz CT molecular complexity index is 191. The van der Waals surface area contributed by atoms with E-state index in [-0.39, 0.29) is 6.61 Å². The second-order valence-corrected chi connectivity index (χ2v) is 2.75. The van der Waals surface area contributed by atoms with Gasteiger partial charge in [-0.25, -0.2) is 4.52 Å². The normalized spacial score (nSPS) is 10.3. The summed E-state index contributed by atoms with van der Waals surface area (Å²) >= 11 is 0. The predicted molar refractivity (Wildman–Crippen MR) is 47.1 cm³/mol. The van der Waals surface area contributed by atoms with Crippen LogP contribution >= 0.6 is 16.5 Å². The third-order valence-electron chi connectivity index (χ3n) is 0.468. The minimum Gasteiger partial charge on any atom is -0.238 e. The van der Waals surface area contributed by atoms with Crippen molar-refractivity contribution < 1.29 is 28.0 Å². The molecule has 0 radical (unpaired) electrons. The summed E-state index contributed by atoms with van der Waals surface area (Å²) in [6.07, 6.45) is 2.32. The average molecular weight is 228 g/mol. The molecule has 0 aliphatic rings. The van der Waals surface area contributed by atoms with Crippen LogP contribution in [0.15, 0.2) is 25.5 Å². The van der Waals surface area contributed by atoms with Crippen LogP contribution in [-0.4, -0.2) is 16.4 Å². The highest BCUT2D eigenvalue weighted by Crippen LogP contribution is 2.13. The molecule has 0 spiro atoms. The second kappa shape index (κ2) is 11.4. The van der Waals surface area contributed by atoms with Crippen molar-refractivity contribution in [1.29, 1.82) is 0 Å². The van der Waals surface area contributed by atoms with E-state index >= 15 is 0 Å². The van der Waals surface area contributed by atoms with Crippen molar-refractivity contribution in [3.05, 3.63) is 25.5 Å². The SMILES string of the molecule is C=CCO[P+](=O)O.C=CO[P+](=O)O. The van der Waals surface area contributed by atoms with E-state index in [4.69, 9.17) is 9.79 Å². The Labute approximate surface area is 77.4 Å². The molecule has 6 nitrogen and oxygen atoms in total. The van der Waals surface area contributed by atoms with Crippen LogP contribution in [0, 0.1) is 0 Å². The van der Waals surface area contributed by atoms with Crippen molar-refractivity contribution in [2.75, 3.05) is 6.61 Å². The van der Waals surface area contributed by atoms with E-state index in [1.807, 2.05) is 0 Å². The van der Waals surface area contributed by atoms with Crippen LogP contribution in [0.2, 0.25) is 0 Å². The molecule has 0 saturated carbocycles. The maximum atomic E-state index is 9.64. The van der Waals surface area contributed by atoms with Gasteiger partial charge in [0.15, 0.2) is 0 Å². The summed E-state index contributed by atoms with van der Waals surface area (Å²) in [5, 5.41) is 0. The van der Waals surface area contributed by atoms with Crippen LogP contribution in [0.4, 0.5) is 0 Å². The van der Waals surface area contributed by atoms with Gasteiger partial charge >= 0.3 is 16.5 Å². The monoisotopic (exact) mass is 228 g/mol. The van der Waals surface area contributed by atoms with Gasteiger partial charge in [0.2, 0.25) is 0 Å². The fourth-order valence-electron chi connectivity index (χ4n) is 0.180. The van der Waals surface area contributed by atoms with Crippen molar-refractivity contribution in [2.24, 2.45) is 0 Å². The van der Waals surface area contributed by atoms with Crippen LogP contribution in [0.1, 0.15) is 0 Å². The third kappa shape index (κ3) is 24.6. The van der Waals surface area contributed by atoms with Gasteiger partial charge in [0.1, 0.15) is 12.9 Å². The van der Waals surface area contributed by atoms with Gasteiger partial charge in [-0.15, -0.1) is 20.9 Å². The van der Waals surface area contributed by atoms with Crippen molar-refractivity contribution in [2.45, 2.75) is 0 Å². The maximum absolute atomic E-state index is 9.64. The molecule has 0 aromatic rings. The maximum Gasteiger partial charge on any atom is 0.746 e. The lowest BCUT2D eigenvalue weighted by atomic mass is 10.7. The molecule has 13 heavy (non-hydrogen) atoms. The molecule has 2 N–H and O–H groups in total. The van der Waals surface area contributed by atoms with Crippen LogP contribution in [0.3, 0.4) is 0 Å². The van der Waals surface area contributed by atoms with Gasteiger partial charge in [0, 0.05) is 9.13 Å². The molecule has 0 amide bonds. The molecule has 0 fully saturated rings. The summed E-state index contributed by atoms with van der Waals surface area (Å²) in [5.41, 5.74) is 0. The van der Waals surface area contributed by atoms with Gasteiger partial charge in [-0.1, -0.05) is 12.7 Å². The quantitative estimate of drug-likeness (QED) is 0.422. The number of hydrogen-bond donors (Lipinski definition) is 2. The van der Waals surface area contributed by atoms with Gasteiger partial charge in [-0.05, 0) is 0 Å². The summed E-state index contributed by atoms with van der Waals surface area (Å²) in [6, 6.07) is 0. The first-order valence-corrected chi connectivity index (χ1v) is 5.14. The zero-order valence-corrected chi connectivity index (χ0v) is 8.49. The van der Waals surface area contributed by atoms with Crippen LogP contribution in [0.5, 0.6) is 0 Å². The van der Waals surface area contributed by atoms with E-state index in [2.05, 4.69) is 22.2 Å². The lowest BCUT2D eigenvalue weighted by Crippen LogP contribution is -1.75. The number of rotatable bonds is 5. The molecule has 8 heteroatoms. The molecular formula is C5H10O6P2+2. The molecule has 0 rings (SSSR count). The lowest BCUT2D eigenvalue weighted by molar-refractivity contribution is 0.312. The van der Waals surface area contributed by atoms with Gasteiger partial charge < -0.3 is 0 Å². The number of hydrogen-bond acceptors (Lipinski definition) is 4. The molecule has 0 aliphatic carbocycles. The Balaban J connectivity index is 0. The minimum atomic E-state index is -2.47. The van der Waals surface area contributed by atoms with Gasteiger partial charge in [-0.2, -0.15) is 0 Å². The fraction of sp³-hybridized carbons (Fsp3) is 0.200. The van der Waals surface area contributed by atoms with Crippen molar-refractivity contribution in [3.8, 4) is 0 Å². The van der Waals surface area contributed by atoms with Crippen LogP contribution < -0.4 is 0 Å². The minimum absolute atomic E-state index is 0.131. The predicted octanol–water partition coefficient (Wildman–Crippen LogP) is 1.63. The summed E-state index contributed by atoms with van der Waals surface area (Å²) in [5.74, 6) is 0. The van der Waals surface area contributed by atoms with E-state index < -0.39 is 16.5 Å². The van der Waals surface area contributed by atoms with E-state index in [1.54, 1.807) is 0 Å². The molecular weight excluding hydrogens is 218 g/mol. The average Bonchev–Trinajstić information content (AvgIpc) is 2.01.